The summed E-state index contributed by atoms with van der Waals surface area (Å²) in [5.74, 6) is -0.898. The van der Waals surface area contributed by atoms with E-state index in [1.165, 1.54) is 37.4 Å². The molecule has 0 aliphatic heterocycles. The second-order valence-corrected chi connectivity index (χ2v) is 8.78. The lowest BCUT2D eigenvalue weighted by molar-refractivity contribution is -0.119. The van der Waals surface area contributed by atoms with Gasteiger partial charge in [0.1, 0.15) is 12.4 Å². The van der Waals surface area contributed by atoms with Crippen molar-refractivity contribution in [3.05, 3.63) is 65.5 Å². The molecule has 1 N–H and O–H groups in total. The average Bonchev–Trinajstić information content (AvgIpc) is 2.65. The van der Waals surface area contributed by atoms with E-state index in [0.717, 1.165) is 33.6 Å². The molecule has 6 nitrogen and oxygen atoms in total. The molecule has 152 valence electrons. The minimum absolute atomic E-state index is 0.227. The molecule has 0 atom stereocenters. The summed E-state index contributed by atoms with van der Waals surface area (Å²) in [5, 5.41) is 2.75. The smallest absolute Gasteiger partial charge is 0.304 e. The van der Waals surface area contributed by atoms with E-state index in [-0.39, 0.29) is 12.2 Å². The molecule has 0 saturated carbocycles. The lowest BCUT2D eigenvalue weighted by atomic mass is 10.1. The highest BCUT2D eigenvalue weighted by Gasteiger charge is 2.27. The summed E-state index contributed by atoms with van der Waals surface area (Å²) in [6, 6.07) is 13.2. The van der Waals surface area contributed by atoms with Gasteiger partial charge in [-0.15, -0.1) is 0 Å². The second kappa shape index (κ2) is 9.66. The highest BCUT2D eigenvalue weighted by molar-refractivity contribution is 7.90. The zero-order valence-electron chi connectivity index (χ0n) is 16.4. The topological polar surface area (TPSA) is 69.7 Å². The molecule has 0 radical (unpaired) electrons. The third kappa shape index (κ3) is 6.03. The third-order valence-corrected chi connectivity index (χ3v) is 6.05. The molecule has 0 aliphatic carbocycles. The van der Waals surface area contributed by atoms with Gasteiger partial charge in [-0.25, -0.2) is 8.70 Å². The van der Waals surface area contributed by atoms with Crippen LogP contribution in [-0.4, -0.2) is 45.8 Å². The summed E-state index contributed by atoms with van der Waals surface area (Å²) in [7, 11) is -1.13. The Labute approximate surface area is 166 Å². The zero-order valence-corrected chi connectivity index (χ0v) is 17.2. The molecule has 1 amide bonds. The van der Waals surface area contributed by atoms with E-state index in [1.807, 2.05) is 19.1 Å². The van der Waals surface area contributed by atoms with Crippen molar-refractivity contribution in [1.82, 2.24) is 9.62 Å². The molecule has 0 aromatic heterocycles. The molecule has 0 bridgehead atoms. The van der Waals surface area contributed by atoms with E-state index in [2.05, 4.69) is 17.4 Å². The van der Waals surface area contributed by atoms with Crippen molar-refractivity contribution >= 4 is 21.8 Å². The number of nitrogens with zero attached hydrogens (tertiary/aromatic N) is 2. The van der Waals surface area contributed by atoms with Crippen LogP contribution in [0, 0.1) is 12.7 Å². The Morgan fingerprint density at radius 2 is 1.64 bits per heavy atom. The Morgan fingerprint density at radius 1 is 1.04 bits per heavy atom. The minimum Gasteiger partial charge on any atom is -0.355 e. The molecule has 2 rings (SSSR count). The first kappa shape index (κ1) is 21.8. The standard InChI is InChI=1S/C20H26FN3O3S/c1-16-6-8-17(9-7-16)5-4-14-22-20(25)15-24(28(26,27)23(2)3)19-12-10-18(21)11-13-19/h6-13H,4-5,14-15H2,1-3H3,(H,22,25). The number of hydrogen-bond acceptors (Lipinski definition) is 3. The number of amides is 1. The maximum Gasteiger partial charge on any atom is 0.304 e. The van der Waals surface area contributed by atoms with Gasteiger partial charge in [0.05, 0.1) is 5.69 Å². The number of benzene rings is 2. The summed E-state index contributed by atoms with van der Waals surface area (Å²) in [4.78, 5) is 12.3. The van der Waals surface area contributed by atoms with Crippen LogP contribution in [0.4, 0.5) is 10.1 Å². The van der Waals surface area contributed by atoms with E-state index in [4.69, 9.17) is 0 Å². The molecule has 2 aromatic carbocycles. The van der Waals surface area contributed by atoms with Gasteiger partial charge in [-0.2, -0.15) is 12.7 Å². The van der Waals surface area contributed by atoms with Crippen LogP contribution in [0.15, 0.2) is 48.5 Å². The molecule has 0 saturated heterocycles. The Morgan fingerprint density at radius 3 is 2.21 bits per heavy atom. The van der Waals surface area contributed by atoms with E-state index in [9.17, 15) is 17.6 Å². The Kier molecular flexibility index (Phi) is 7.53. The van der Waals surface area contributed by atoms with Crippen LogP contribution in [-0.2, 0) is 21.4 Å². The number of nitrogens with one attached hydrogen (secondary N) is 1. The van der Waals surface area contributed by atoms with Crippen molar-refractivity contribution in [3.63, 3.8) is 0 Å². The van der Waals surface area contributed by atoms with Crippen LogP contribution >= 0.6 is 0 Å². The summed E-state index contributed by atoms with van der Waals surface area (Å²) >= 11 is 0. The number of carbonyl (C=O) groups is 1. The Balaban J connectivity index is 1.96. The van der Waals surface area contributed by atoms with Crippen molar-refractivity contribution in [2.75, 3.05) is 31.5 Å². The molecular weight excluding hydrogens is 381 g/mol. The van der Waals surface area contributed by atoms with Gasteiger partial charge in [-0.05, 0) is 49.6 Å². The van der Waals surface area contributed by atoms with Gasteiger partial charge in [0.2, 0.25) is 5.91 Å². The molecule has 0 heterocycles. The third-order valence-electron chi connectivity index (χ3n) is 4.23. The summed E-state index contributed by atoms with van der Waals surface area (Å²) in [6.45, 7) is 2.08. The molecule has 0 unspecified atom stereocenters. The predicted octanol–water partition coefficient (Wildman–Crippen LogP) is 2.50. The number of anilines is 1. The summed E-state index contributed by atoms with van der Waals surface area (Å²) < 4.78 is 40.3. The van der Waals surface area contributed by atoms with Crippen LogP contribution in [0.1, 0.15) is 17.5 Å². The number of aryl methyl sites for hydroxylation is 2. The Hall–Kier alpha value is -2.45. The summed E-state index contributed by atoms with van der Waals surface area (Å²) in [5.41, 5.74) is 2.60. The van der Waals surface area contributed by atoms with Gasteiger partial charge >= 0.3 is 10.2 Å². The van der Waals surface area contributed by atoms with Gasteiger partial charge in [-0.1, -0.05) is 29.8 Å². The molecule has 8 heteroatoms. The minimum atomic E-state index is -3.89. The maximum absolute atomic E-state index is 13.2. The first-order valence-electron chi connectivity index (χ1n) is 8.98. The van der Waals surface area contributed by atoms with Crippen LogP contribution in [0.2, 0.25) is 0 Å². The van der Waals surface area contributed by atoms with Gasteiger partial charge in [-0.3, -0.25) is 4.79 Å². The lowest BCUT2D eigenvalue weighted by Crippen LogP contribution is -2.46. The van der Waals surface area contributed by atoms with Crippen molar-refractivity contribution in [1.29, 1.82) is 0 Å². The van der Waals surface area contributed by atoms with E-state index < -0.39 is 21.9 Å². The van der Waals surface area contributed by atoms with E-state index in [1.54, 1.807) is 0 Å². The van der Waals surface area contributed by atoms with Gasteiger partial charge < -0.3 is 5.32 Å². The first-order valence-corrected chi connectivity index (χ1v) is 10.4. The van der Waals surface area contributed by atoms with E-state index in [0.29, 0.717) is 6.54 Å². The lowest BCUT2D eigenvalue weighted by Gasteiger charge is -2.26. The van der Waals surface area contributed by atoms with Crippen molar-refractivity contribution in [3.8, 4) is 0 Å². The van der Waals surface area contributed by atoms with Crippen molar-refractivity contribution in [2.45, 2.75) is 19.8 Å². The maximum atomic E-state index is 13.2. The monoisotopic (exact) mass is 407 g/mol. The summed E-state index contributed by atoms with van der Waals surface area (Å²) in [6.07, 6.45) is 1.56. The fourth-order valence-corrected chi connectivity index (χ4v) is 3.63. The molecule has 0 spiro atoms. The SMILES string of the molecule is Cc1ccc(CCCNC(=O)CN(c2ccc(F)cc2)S(=O)(=O)N(C)C)cc1. The normalized spacial score (nSPS) is 11.5. The largest absolute Gasteiger partial charge is 0.355 e. The highest BCUT2D eigenvalue weighted by atomic mass is 32.2. The quantitative estimate of drug-likeness (QED) is 0.650. The van der Waals surface area contributed by atoms with Gasteiger partial charge in [0.25, 0.3) is 0 Å². The van der Waals surface area contributed by atoms with Crippen LogP contribution in [0.5, 0.6) is 0 Å². The fraction of sp³-hybridized carbons (Fsp3) is 0.350. The average molecular weight is 408 g/mol. The zero-order chi connectivity index (χ0) is 20.7. The Bertz CT molecular complexity index is 882. The van der Waals surface area contributed by atoms with E-state index >= 15 is 0 Å². The molecule has 0 fully saturated rings. The second-order valence-electron chi connectivity index (χ2n) is 6.71. The van der Waals surface area contributed by atoms with Crippen molar-refractivity contribution < 1.29 is 17.6 Å². The molecule has 28 heavy (non-hydrogen) atoms. The van der Waals surface area contributed by atoms with Gasteiger partial charge in [0.15, 0.2) is 0 Å². The molecule has 2 aromatic rings. The first-order chi connectivity index (χ1) is 13.2. The number of hydrogen-bond donors (Lipinski definition) is 1. The molecular formula is C20H26FN3O3S. The predicted molar refractivity (Wildman–Crippen MR) is 109 cm³/mol. The number of halogens is 1. The van der Waals surface area contributed by atoms with Crippen LogP contribution < -0.4 is 9.62 Å². The number of rotatable bonds is 9. The van der Waals surface area contributed by atoms with Gasteiger partial charge in [0, 0.05) is 20.6 Å². The van der Waals surface area contributed by atoms with Crippen molar-refractivity contribution in [2.24, 2.45) is 0 Å². The highest BCUT2D eigenvalue weighted by Crippen LogP contribution is 2.19. The number of carbonyl (C=O) groups excluding carboxylic acids is 1. The van der Waals surface area contributed by atoms with Crippen LogP contribution in [0.3, 0.4) is 0 Å². The molecule has 0 aliphatic rings. The fourth-order valence-electron chi connectivity index (χ4n) is 2.57. The van der Waals surface area contributed by atoms with Crippen LogP contribution in [0.25, 0.3) is 0 Å².